The standard InChI is InChI=1S/C10H13N5O3S/c1-18-5-4-11-8(16)7-14-10(17)15(13-12-14)9-3-2-6-19-9/h2-3,6H,4-5,7H2,1H3,(H,11,16). The van der Waals surface area contributed by atoms with Crippen molar-refractivity contribution in [2.24, 2.45) is 0 Å². The molecule has 0 atom stereocenters. The van der Waals surface area contributed by atoms with Gasteiger partial charge in [-0.1, -0.05) is 0 Å². The second-order valence-electron chi connectivity index (χ2n) is 3.62. The highest BCUT2D eigenvalue weighted by molar-refractivity contribution is 7.12. The molecular formula is C10H13N5O3S. The van der Waals surface area contributed by atoms with E-state index in [-0.39, 0.29) is 12.5 Å². The molecule has 0 aliphatic heterocycles. The van der Waals surface area contributed by atoms with E-state index in [1.807, 2.05) is 11.4 Å². The third kappa shape index (κ3) is 3.26. The van der Waals surface area contributed by atoms with E-state index in [1.165, 1.54) is 11.3 Å². The summed E-state index contributed by atoms with van der Waals surface area (Å²) in [5.74, 6) is -0.308. The zero-order valence-electron chi connectivity index (χ0n) is 10.3. The largest absolute Gasteiger partial charge is 0.383 e. The molecule has 9 heteroatoms. The van der Waals surface area contributed by atoms with Gasteiger partial charge in [-0.05, 0) is 27.9 Å². The Labute approximate surface area is 112 Å². The summed E-state index contributed by atoms with van der Waals surface area (Å²) in [6.07, 6.45) is 0. The lowest BCUT2D eigenvalue weighted by molar-refractivity contribution is -0.122. The van der Waals surface area contributed by atoms with Gasteiger partial charge in [-0.3, -0.25) is 4.79 Å². The van der Waals surface area contributed by atoms with Gasteiger partial charge in [-0.15, -0.1) is 11.3 Å². The van der Waals surface area contributed by atoms with Crippen molar-refractivity contribution < 1.29 is 9.53 Å². The van der Waals surface area contributed by atoms with Gasteiger partial charge in [-0.2, -0.15) is 9.36 Å². The van der Waals surface area contributed by atoms with Crippen LogP contribution in [0.15, 0.2) is 22.3 Å². The van der Waals surface area contributed by atoms with Crippen molar-refractivity contribution in [2.75, 3.05) is 20.3 Å². The molecule has 0 fully saturated rings. The van der Waals surface area contributed by atoms with E-state index < -0.39 is 5.69 Å². The van der Waals surface area contributed by atoms with Gasteiger partial charge in [0.25, 0.3) is 0 Å². The fraction of sp³-hybridized carbons (Fsp3) is 0.400. The number of tetrazole rings is 1. The SMILES string of the molecule is COCCNC(=O)Cn1nnn(-c2cccs2)c1=O. The summed E-state index contributed by atoms with van der Waals surface area (Å²) in [4.78, 5) is 23.5. The average molecular weight is 283 g/mol. The van der Waals surface area contributed by atoms with Gasteiger partial charge in [-0.25, -0.2) is 4.79 Å². The summed E-state index contributed by atoms with van der Waals surface area (Å²) in [6, 6.07) is 3.56. The molecule has 2 aromatic heterocycles. The molecule has 1 amide bonds. The maximum Gasteiger partial charge on any atom is 0.369 e. The molecule has 0 spiro atoms. The summed E-state index contributed by atoms with van der Waals surface area (Å²) in [5, 5.41) is 12.5. The van der Waals surface area contributed by atoms with Crippen LogP contribution >= 0.6 is 11.3 Å². The zero-order chi connectivity index (χ0) is 13.7. The molecule has 0 aliphatic rings. The molecular weight excluding hydrogens is 270 g/mol. The molecule has 8 nitrogen and oxygen atoms in total. The Morgan fingerprint density at radius 2 is 2.37 bits per heavy atom. The molecule has 0 radical (unpaired) electrons. The minimum Gasteiger partial charge on any atom is -0.383 e. The van der Waals surface area contributed by atoms with Gasteiger partial charge in [0.15, 0.2) is 0 Å². The first-order chi connectivity index (χ1) is 9.22. The Balaban J connectivity index is 2.03. The fourth-order valence-electron chi connectivity index (χ4n) is 1.39. The van der Waals surface area contributed by atoms with Gasteiger partial charge < -0.3 is 10.1 Å². The van der Waals surface area contributed by atoms with E-state index in [2.05, 4.69) is 15.7 Å². The van der Waals surface area contributed by atoms with Crippen molar-refractivity contribution in [3.63, 3.8) is 0 Å². The molecule has 0 aliphatic carbocycles. The van der Waals surface area contributed by atoms with Crippen LogP contribution in [-0.2, 0) is 16.1 Å². The van der Waals surface area contributed by atoms with Gasteiger partial charge in [0.2, 0.25) is 5.91 Å². The van der Waals surface area contributed by atoms with E-state index in [0.717, 1.165) is 9.36 Å². The number of nitrogens with zero attached hydrogens (tertiary/aromatic N) is 4. The lowest BCUT2D eigenvalue weighted by Gasteiger charge is -2.02. The van der Waals surface area contributed by atoms with Crippen molar-refractivity contribution in [1.82, 2.24) is 25.1 Å². The first kappa shape index (κ1) is 13.4. The van der Waals surface area contributed by atoms with Crippen molar-refractivity contribution in [2.45, 2.75) is 6.54 Å². The third-order valence-electron chi connectivity index (χ3n) is 2.28. The van der Waals surface area contributed by atoms with Crippen LogP contribution < -0.4 is 11.0 Å². The maximum atomic E-state index is 11.9. The topological polar surface area (TPSA) is 91.0 Å². The van der Waals surface area contributed by atoms with Crippen LogP contribution in [0.3, 0.4) is 0 Å². The molecule has 0 bridgehead atoms. The van der Waals surface area contributed by atoms with E-state index in [1.54, 1.807) is 13.2 Å². The number of hydrogen-bond acceptors (Lipinski definition) is 6. The fourth-order valence-corrected chi connectivity index (χ4v) is 2.05. The van der Waals surface area contributed by atoms with Crippen molar-refractivity contribution >= 4 is 17.2 Å². The number of thiophene rings is 1. The Morgan fingerprint density at radius 1 is 1.53 bits per heavy atom. The molecule has 2 rings (SSSR count). The second kappa shape index (κ2) is 6.25. The van der Waals surface area contributed by atoms with Gasteiger partial charge in [0.1, 0.15) is 11.5 Å². The summed E-state index contributed by atoms with van der Waals surface area (Å²) in [5.41, 5.74) is -0.440. The normalized spacial score (nSPS) is 10.6. The van der Waals surface area contributed by atoms with Crippen molar-refractivity contribution in [3.05, 3.63) is 28.0 Å². The maximum absolute atomic E-state index is 11.9. The molecule has 102 valence electrons. The first-order valence-electron chi connectivity index (χ1n) is 5.54. The van der Waals surface area contributed by atoms with E-state index >= 15 is 0 Å². The predicted molar refractivity (Wildman–Crippen MR) is 68.4 cm³/mol. The van der Waals surface area contributed by atoms with Gasteiger partial charge >= 0.3 is 5.69 Å². The molecule has 19 heavy (non-hydrogen) atoms. The van der Waals surface area contributed by atoms with E-state index in [4.69, 9.17) is 4.74 Å². The summed E-state index contributed by atoms with van der Waals surface area (Å²) < 4.78 is 6.98. The lowest BCUT2D eigenvalue weighted by Crippen LogP contribution is -2.34. The highest BCUT2D eigenvalue weighted by atomic mass is 32.1. The minimum atomic E-state index is -0.440. The molecule has 0 aromatic carbocycles. The Kier molecular flexibility index (Phi) is 4.42. The second-order valence-corrected chi connectivity index (χ2v) is 4.55. The van der Waals surface area contributed by atoms with Crippen LogP contribution in [0.2, 0.25) is 0 Å². The quantitative estimate of drug-likeness (QED) is 0.705. The summed E-state index contributed by atoms with van der Waals surface area (Å²) in [7, 11) is 1.54. The molecule has 1 N–H and O–H groups in total. The third-order valence-corrected chi connectivity index (χ3v) is 3.12. The molecule has 2 aromatic rings. The van der Waals surface area contributed by atoms with Gasteiger partial charge in [0.05, 0.1) is 6.61 Å². The number of hydrogen-bond donors (Lipinski definition) is 1. The van der Waals surface area contributed by atoms with E-state index in [9.17, 15) is 9.59 Å². The van der Waals surface area contributed by atoms with Crippen LogP contribution in [-0.4, -0.2) is 46.0 Å². The van der Waals surface area contributed by atoms with Gasteiger partial charge in [0, 0.05) is 13.7 Å². The van der Waals surface area contributed by atoms with Crippen LogP contribution in [0.4, 0.5) is 0 Å². The van der Waals surface area contributed by atoms with Crippen molar-refractivity contribution in [1.29, 1.82) is 0 Å². The number of rotatable bonds is 6. The molecule has 0 saturated heterocycles. The number of aromatic nitrogens is 4. The monoisotopic (exact) mass is 283 g/mol. The summed E-state index contributed by atoms with van der Waals surface area (Å²) in [6.45, 7) is 0.652. The minimum absolute atomic E-state index is 0.159. The smallest absolute Gasteiger partial charge is 0.369 e. The summed E-state index contributed by atoms with van der Waals surface area (Å²) >= 11 is 1.37. The highest BCUT2D eigenvalue weighted by Gasteiger charge is 2.12. The number of nitrogens with one attached hydrogen (secondary N) is 1. The molecule has 2 heterocycles. The van der Waals surface area contributed by atoms with E-state index in [0.29, 0.717) is 18.2 Å². The first-order valence-corrected chi connectivity index (χ1v) is 6.42. The Bertz CT molecular complexity index is 589. The Hall–Kier alpha value is -2.00. The number of methoxy groups -OCH3 is 1. The number of carbonyl (C=O) groups is 1. The average Bonchev–Trinajstić information content (AvgIpc) is 3.01. The predicted octanol–water partition coefficient (Wildman–Crippen LogP) is -0.747. The molecule has 0 unspecified atom stereocenters. The highest BCUT2D eigenvalue weighted by Crippen LogP contribution is 2.10. The van der Waals surface area contributed by atoms with Crippen molar-refractivity contribution in [3.8, 4) is 5.00 Å². The number of carbonyl (C=O) groups excluding carboxylic acids is 1. The van der Waals surface area contributed by atoms with Crippen LogP contribution in [0.25, 0.3) is 5.00 Å². The van der Waals surface area contributed by atoms with Crippen LogP contribution in [0, 0.1) is 0 Å². The van der Waals surface area contributed by atoms with Crippen LogP contribution in [0.5, 0.6) is 0 Å². The van der Waals surface area contributed by atoms with Crippen LogP contribution in [0.1, 0.15) is 0 Å². The number of ether oxygens (including phenoxy) is 1. The molecule has 0 saturated carbocycles. The number of amides is 1. The lowest BCUT2D eigenvalue weighted by atomic mass is 10.5. The Morgan fingerprint density at radius 3 is 3.05 bits per heavy atom. The zero-order valence-corrected chi connectivity index (χ0v) is 11.1.